The zero-order chi connectivity index (χ0) is 27.2. The van der Waals surface area contributed by atoms with E-state index in [0.29, 0.717) is 17.2 Å². The summed E-state index contributed by atoms with van der Waals surface area (Å²) in [6.45, 7) is 7.69. The van der Waals surface area contributed by atoms with E-state index in [1.54, 1.807) is 29.2 Å². The van der Waals surface area contributed by atoms with Crippen LogP contribution in [0.3, 0.4) is 0 Å². The molecule has 12 heteroatoms. The van der Waals surface area contributed by atoms with Crippen molar-refractivity contribution in [1.82, 2.24) is 20.4 Å². The van der Waals surface area contributed by atoms with Gasteiger partial charge in [0.25, 0.3) is 5.91 Å². The monoisotopic (exact) mass is 528 g/mol. The third-order valence-corrected chi connectivity index (χ3v) is 8.29. The number of aliphatic imine (C=N–C) groups is 1. The number of aliphatic hydroxyl groups is 1. The largest absolute Gasteiger partial charge is 0.391 e. The molecule has 2 unspecified atom stereocenters. The number of aryl methyl sites for hydroxylation is 1. The molecule has 2 aliphatic heterocycles. The second-order valence-corrected chi connectivity index (χ2v) is 11.2. The average Bonchev–Trinajstić information content (AvgIpc) is 3.67. The highest BCUT2D eigenvalue weighted by Crippen LogP contribution is 2.36. The van der Waals surface area contributed by atoms with Crippen molar-refractivity contribution in [3.8, 4) is 10.4 Å². The summed E-state index contributed by atoms with van der Waals surface area (Å²) in [5.41, 5.74) is 3.81. The Morgan fingerprint density at radius 2 is 2.08 bits per heavy atom. The van der Waals surface area contributed by atoms with Gasteiger partial charge in [-0.15, -0.1) is 11.3 Å². The van der Waals surface area contributed by atoms with Gasteiger partial charge in [-0.3, -0.25) is 9.59 Å². The van der Waals surface area contributed by atoms with Crippen molar-refractivity contribution in [2.24, 2.45) is 10.9 Å². The first-order valence-electron chi connectivity index (χ1n) is 12.5. The van der Waals surface area contributed by atoms with Crippen LogP contribution in [0.2, 0.25) is 0 Å². The van der Waals surface area contributed by atoms with Gasteiger partial charge in [-0.25, -0.2) is 9.98 Å². The van der Waals surface area contributed by atoms with Gasteiger partial charge in [-0.05, 0) is 37.0 Å². The summed E-state index contributed by atoms with van der Waals surface area (Å²) in [6.07, 6.45) is -0.471. The molecule has 3 aromatic rings. The number of hydrogen-bond donors (Lipinski definition) is 2. The molecule has 4 heterocycles. The number of thiazole rings is 1. The maximum absolute atomic E-state index is 13.8. The van der Waals surface area contributed by atoms with Crippen LogP contribution in [0.4, 0.5) is 0 Å². The second-order valence-electron chi connectivity index (χ2n) is 10.3. The molecule has 0 bridgehead atoms. The molecule has 2 aliphatic rings. The lowest BCUT2D eigenvalue weighted by Gasteiger charge is -2.29. The number of hydrogen-bond acceptors (Lipinski definition) is 8. The van der Waals surface area contributed by atoms with Crippen LogP contribution in [-0.4, -0.2) is 71.4 Å². The first kappa shape index (κ1) is 26.4. The van der Waals surface area contributed by atoms with E-state index in [2.05, 4.69) is 15.5 Å². The summed E-state index contributed by atoms with van der Waals surface area (Å²) in [5.74, 6) is -0.458. The van der Waals surface area contributed by atoms with E-state index in [1.807, 2.05) is 50.5 Å². The van der Waals surface area contributed by atoms with Gasteiger partial charge in [-0.2, -0.15) is 0 Å². The maximum Gasteiger partial charge on any atom is 0.257 e. The molecule has 1 saturated heterocycles. The topological polar surface area (TPSA) is 121 Å². The zero-order valence-electron chi connectivity index (χ0n) is 21.7. The molecule has 4 atom stereocenters. The molecule has 0 spiro atoms. The highest BCUT2D eigenvalue weighted by Gasteiger charge is 2.48. The summed E-state index contributed by atoms with van der Waals surface area (Å²) in [7, 11) is 6.86. The van der Waals surface area contributed by atoms with Crippen molar-refractivity contribution in [2.45, 2.75) is 57.7 Å². The van der Waals surface area contributed by atoms with E-state index in [4.69, 9.17) is 17.3 Å². The average molecular weight is 528 g/mol. The number of nitrogens with one attached hydrogen (secondary N) is 1. The third kappa shape index (κ3) is 4.60. The highest BCUT2D eigenvalue weighted by atomic mass is 32.1. The molecule has 5 rings (SSSR count). The Bertz CT molecular complexity index is 1390. The van der Waals surface area contributed by atoms with Crippen LogP contribution in [-0.2, 0) is 15.1 Å². The van der Waals surface area contributed by atoms with Gasteiger partial charge in [0.05, 0.1) is 28.2 Å². The Hall–Kier alpha value is -3.24. The fraction of sp³-hybridized carbons (Fsp3) is 0.423. The lowest BCUT2D eigenvalue weighted by molar-refractivity contribution is -0.134. The Morgan fingerprint density at radius 3 is 2.68 bits per heavy atom. The molecule has 2 amide bonds. The van der Waals surface area contributed by atoms with Crippen LogP contribution in [0, 0.1) is 12.8 Å². The van der Waals surface area contributed by atoms with E-state index in [-0.39, 0.29) is 30.7 Å². The summed E-state index contributed by atoms with van der Waals surface area (Å²) in [6, 6.07) is 8.80. The van der Waals surface area contributed by atoms with Crippen molar-refractivity contribution in [2.75, 3.05) is 6.54 Å². The molecule has 3 radical (unpaired) electrons. The first-order valence-corrected chi connectivity index (χ1v) is 13.4. The summed E-state index contributed by atoms with van der Waals surface area (Å²) in [4.78, 5) is 38.8. The Morgan fingerprint density at radius 1 is 1.34 bits per heavy atom. The minimum absolute atomic E-state index is 0.106. The molecule has 9 nitrogen and oxygen atoms in total. The number of carbonyl (C=O) groups excluding carboxylic acids is 2. The lowest BCUT2D eigenvalue weighted by atomic mass is 9.53. The van der Waals surface area contributed by atoms with Crippen LogP contribution >= 0.6 is 11.3 Å². The number of aromatic nitrogens is 2. The smallest absolute Gasteiger partial charge is 0.257 e. The van der Waals surface area contributed by atoms with Crippen molar-refractivity contribution in [3.63, 3.8) is 0 Å². The van der Waals surface area contributed by atoms with Gasteiger partial charge in [0.1, 0.15) is 24.7 Å². The summed E-state index contributed by atoms with van der Waals surface area (Å²) < 4.78 is 5.42. The molecule has 0 saturated carbocycles. The number of amides is 2. The number of aliphatic hydroxyl groups excluding tert-OH is 1. The van der Waals surface area contributed by atoms with Crippen molar-refractivity contribution in [1.29, 1.82) is 0 Å². The van der Waals surface area contributed by atoms with Crippen LogP contribution in [0.5, 0.6) is 0 Å². The van der Waals surface area contributed by atoms with Crippen LogP contribution < -0.4 is 10.9 Å². The van der Waals surface area contributed by atoms with E-state index >= 15 is 0 Å². The Labute approximate surface area is 227 Å². The van der Waals surface area contributed by atoms with Gasteiger partial charge in [0, 0.05) is 26.3 Å². The minimum Gasteiger partial charge on any atom is -0.391 e. The number of rotatable bonds is 7. The quantitative estimate of drug-likeness (QED) is 0.451. The molecular formula is C26H28B2N5O4S. The molecule has 1 fully saturated rings. The van der Waals surface area contributed by atoms with Gasteiger partial charge in [0.2, 0.25) is 5.91 Å². The first-order chi connectivity index (χ1) is 18.1. The van der Waals surface area contributed by atoms with Gasteiger partial charge >= 0.3 is 0 Å². The molecule has 2 aromatic heterocycles. The summed E-state index contributed by atoms with van der Waals surface area (Å²) >= 11 is 1.57. The predicted octanol–water partition coefficient (Wildman–Crippen LogP) is 1.66. The van der Waals surface area contributed by atoms with E-state index in [0.717, 1.165) is 21.7 Å². The van der Waals surface area contributed by atoms with E-state index in [1.165, 1.54) is 7.17 Å². The minimum atomic E-state index is -1.16. The van der Waals surface area contributed by atoms with Gasteiger partial charge in [0.15, 0.2) is 5.54 Å². The van der Waals surface area contributed by atoms with Crippen molar-refractivity contribution < 1.29 is 19.2 Å². The highest BCUT2D eigenvalue weighted by molar-refractivity contribution is 7.13. The van der Waals surface area contributed by atoms with Crippen LogP contribution in [0.25, 0.3) is 10.4 Å². The second kappa shape index (κ2) is 10.1. The fourth-order valence-electron chi connectivity index (χ4n) is 5.20. The SMILES string of the molecule is [B][B]c1cc(C(C(=O)N2C[C@H](O)CC2C2=N[C@@](C)(c3ccc(-c4scnc4C)cc3)C(=O)N2)C(C)C)on1. The Kier molecular flexibility index (Phi) is 7.04. The fourth-order valence-corrected chi connectivity index (χ4v) is 6.01. The van der Waals surface area contributed by atoms with Crippen molar-refractivity contribution in [3.05, 3.63) is 52.9 Å². The molecule has 38 heavy (non-hydrogen) atoms. The molecular weight excluding hydrogens is 500 g/mol. The maximum atomic E-state index is 13.8. The third-order valence-electron chi connectivity index (χ3n) is 7.32. The standard InChI is InChI=1S/C26H28B2N5O4S/c1-13(2)21(19-10-20(28-27)32-37-19)24(35)33-11-17(34)9-18(33)23-30-25(36)26(4,31-23)16-7-5-15(6-8-16)22-14(3)29-12-38-22/h5-8,10,12-13,17-18,21,34H,9,11H2,1-4H3,(H,30,31,36)/t17-,18?,21?,26+/m1/s1. The lowest BCUT2D eigenvalue weighted by Crippen LogP contribution is -2.48. The van der Waals surface area contributed by atoms with E-state index in [9.17, 15) is 14.7 Å². The molecule has 1 aromatic carbocycles. The molecule has 2 N–H and O–H groups in total. The van der Waals surface area contributed by atoms with Gasteiger partial charge in [-0.1, -0.05) is 43.3 Å². The number of β-amino-alcohol motifs (C(OH)–C–C–N with tert-alkyl or cyclic N) is 1. The van der Waals surface area contributed by atoms with Gasteiger partial charge < -0.3 is 19.8 Å². The number of nitrogens with zero attached hydrogens (tertiary/aromatic N) is 4. The molecule has 193 valence electrons. The summed E-state index contributed by atoms with van der Waals surface area (Å²) in [5, 5.41) is 17.3. The molecule has 0 aliphatic carbocycles. The number of amidine groups is 1. The number of carbonyl (C=O) groups is 2. The number of benzene rings is 1. The van der Waals surface area contributed by atoms with Crippen LogP contribution in [0.15, 0.2) is 45.4 Å². The van der Waals surface area contributed by atoms with E-state index < -0.39 is 23.6 Å². The normalized spacial score (nSPS) is 24.0. The Balaban J connectivity index is 1.43. The predicted molar refractivity (Wildman–Crippen MR) is 147 cm³/mol. The number of likely N-dealkylation sites (tertiary alicyclic amines) is 1. The zero-order valence-corrected chi connectivity index (χ0v) is 22.5. The van der Waals surface area contributed by atoms with Crippen LogP contribution in [0.1, 0.15) is 50.1 Å². The van der Waals surface area contributed by atoms with Crippen molar-refractivity contribution >= 4 is 49.5 Å².